The molecule has 8 nitrogen and oxygen atoms in total. The summed E-state index contributed by atoms with van der Waals surface area (Å²) in [6.45, 7) is 9.80. The second-order valence-electron chi connectivity index (χ2n) is 8.50. The quantitative estimate of drug-likeness (QED) is 0.616. The molecule has 1 aromatic heterocycles. The average Bonchev–Trinajstić information content (AvgIpc) is 3.09. The zero-order valence-corrected chi connectivity index (χ0v) is 20.5. The first kappa shape index (κ1) is 24.1. The average molecular weight is 477 g/mol. The van der Waals surface area contributed by atoms with E-state index in [2.05, 4.69) is 15.6 Å². The third-order valence-corrected chi connectivity index (χ3v) is 6.58. The van der Waals surface area contributed by atoms with Crippen LogP contribution in [-0.2, 0) is 27.3 Å². The molecule has 1 atom stereocenters. The fourth-order valence-electron chi connectivity index (χ4n) is 3.02. The van der Waals surface area contributed by atoms with Crippen LogP contribution in [0.2, 0.25) is 0 Å². The van der Waals surface area contributed by atoms with Gasteiger partial charge in [-0.05, 0) is 52.0 Å². The van der Waals surface area contributed by atoms with Crippen LogP contribution in [0, 0.1) is 0 Å². The summed E-state index contributed by atoms with van der Waals surface area (Å²) in [5, 5.41) is 5.82. The van der Waals surface area contributed by atoms with Gasteiger partial charge >= 0.3 is 6.09 Å². The van der Waals surface area contributed by atoms with Crippen molar-refractivity contribution in [1.29, 1.82) is 0 Å². The Bertz CT molecular complexity index is 998. The van der Waals surface area contributed by atoms with Crippen LogP contribution in [-0.4, -0.2) is 45.2 Å². The molecule has 2 heterocycles. The minimum atomic E-state index is -0.539. The maximum Gasteiger partial charge on any atom is 0.410 e. The minimum Gasteiger partial charge on any atom is -0.444 e. The number of thiazole rings is 1. The molecule has 0 saturated heterocycles. The highest BCUT2D eigenvalue weighted by molar-refractivity contribution is 8.00. The fraction of sp³-hybridized carbons (Fsp3) is 0.455. The van der Waals surface area contributed by atoms with Gasteiger partial charge in [0.05, 0.1) is 17.5 Å². The Hall–Kier alpha value is -2.59. The van der Waals surface area contributed by atoms with Crippen molar-refractivity contribution in [3.63, 3.8) is 0 Å². The lowest BCUT2D eigenvalue weighted by Crippen LogP contribution is -2.39. The van der Waals surface area contributed by atoms with E-state index in [4.69, 9.17) is 4.74 Å². The van der Waals surface area contributed by atoms with Crippen molar-refractivity contribution in [2.24, 2.45) is 0 Å². The summed E-state index contributed by atoms with van der Waals surface area (Å²) in [6, 6.07) is 7.35. The molecule has 0 fully saturated rings. The summed E-state index contributed by atoms with van der Waals surface area (Å²) in [7, 11) is 0. The van der Waals surface area contributed by atoms with E-state index >= 15 is 0 Å². The number of fused-ring (bicyclic) bond motifs is 1. The van der Waals surface area contributed by atoms with Crippen LogP contribution >= 0.6 is 23.1 Å². The summed E-state index contributed by atoms with van der Waals surface area (Å²) in [5.74, 6) is -0.269. The van der Waals surface area contributed by atoms with Gasteiger partial charge in [-0.2, -0.15) is 0 Å². The molecule has 0 radical (unpaired) electrons. The van der Waals surface area contributed by atoms with Gasteiger partial charge in [0.1, 0.15) is 5.60 Å². The number of ether oxygens (including phenoxy) is 1. The first-order valence-corrected chi connectivity index (χ1v) is 12.0. The van der Waals surface area contributed by atoms with Crippen molar-refractivity contribution in [3.8, 4) is 0 Å². The number of aromatic nitrogens is 1. The Labute approximate surface area is 196 Å². The van der Waals surface area contributed by atoms with Gasteiger partial charge in [0.2, 0.25) is 11.8 Å². The van der Waals surface area contributed by atoms with Crippen molar-refractivity contribution in [2.75, 3.05) is 17.2 Å². The van der Waals surface area contributed by atoms with Gasteiger partial charge in [0.25, 0.3) is 0 Å². The number of hydrogen-bond donors (Lipinski definition) is 2. The van der Waals surface area contributed by atoms with E-state index in [1.54, 1.807) is 17.0 Å². The number of anilines is 2. The summed E-state index contributed by atoms with van der Waals surface area (Å²) in [4.78, 5) is 44.2. The molecule has 172 valence electrons. The summed E-state index contributed by atoms with van der Waals surface area (Å²) in [6.07, 6.45) is 0.294. The molecule has 1 aliphatic rings. The number of thioether (sulfide) groups is 1. The number of hydrogen-bond acceptors (Lipinski definition) is 7. The van der Waals surface area contributed by atoms with Crippen LogP contribution in [0.15, 0.2) is 29.2 Å². The van der Waals surface area contributed by atoms with E-state index in [1.165, 1.54) is 30.0 Å². The first-order valence-electron chi connectivity index (χ1n) is 10.3. The molecule has 2 N–H and O–H groups in total. The van der Waals surface area contributed by atoms with Gasteiger partial charge in [-0.3, -0.25) is 9.59 Å². The zero-order chi connectivity index (χ0) is 23.5. The third-order valence-electron chi connectivity index (χ3n) is 4.47. The maximum atomic E-state index is 12.7. The van der Waals surface area contributed by atoms with Crippen LogP contribution in [0.3, 0.4) is 0 Å². The minimum absolute atomic E-state index is 0.126. The topological polar surface area (TPSA) is 101 Å². The number of nitrogens with zero attached hydrogens (tertiary/aromatic N) is 2. The molecular formula is C22H28N4O4S2. The van der Waals surface area contributed by atoms with Crippen molar-refractivity contribution in [2.45, 2.75) is 63.3 Å². The smallest absolute Gasteiger partial charge is 0.410 e. The number of rotatable bonds is 5. The Morgan fingerprint density at radius 3 is 2.50 bits per heavy atom. The number of amides is 3. The second-order valence-corrected chi connectivity index (χ2v) is 11.0. The van der Waals surface area contributed by atoms with Crippen molar-refractivity contribution >= 4 is 51.8 Å². The molecule has 1 aliphatic heterocycles. The Morgan fingerprint density at radius 2 is 1.88 bits per heavy atom. The molecule has 1 unspecified atom stereocenters. The molecule has 3 rings (SSSR count). The molecule has 0 bridgehead atoms. The van der Waals surface area contributed by atoms with Crippen molar-refractivity contribution < 1.29 is 19.1 Å². The first-order chi connectivity index (χ1) is 15.0. The molecule has 10 heteroatoms. The molecule has 1 aromatic carbocycles. The molecule has 0 saturated carbocycles. The normalized spacial score (nSPS) is 14.3. The van der Waals surface area contributed by atoms with Gasteiger partial charge in [-0.15, -0.1) is 11.8 Å². The second kappa shape index (κ2) is 9.91. The molecule has 3 amide bonds. The summed E-state index contributed by atoms with van der Waals surface area (Å²) < 4.78 is 5.46. The van der Waals surface area contributed by atoms with Gasteiger partial charge in [0, 0.05) is 35.3 Å². The number of benzene rings is 1. The van der Waals surface area contributed by atoms with Crippen molar-refractivity contribution in [1.82, 2.24) is 9.88 Å². The number of carbonyl (C=O) groups excluding carboxylic acids is 3. The Balaban J connectivity index is 1.56. The Kier molecular flexibility index (Phi) is 7.45. The van der Waals surface area contributed by atoms with E-state index in [0.29, 0.717) is 30.3 Å². The SMILES string of the molecule is CC(=O)Nc1ccc(SC(C)C(=O)Nc2nc3c(s2)CN(C(=O)OC(C)(C)C)CC3)cc1. The van der Waals surface area contributed by atoms with Gasteiger partial charge in [-0.1, -0.05) is 11.3 Å². The van der Waals surface area contributed by atoms with Crippen LogP contribution in [0.5, 0.6) is 0 Å². The van der Waals surface area contributed by atoms with Crippen LogP contribution in [0.4, 0.5) is 15.6 Å². The molecular weight excluding hydrogens is 448 g/mol. The zero-order valence-electron chi connectivity index (χ0n) is 18.9. The highest BCUT2D eigenvalue weighted by atomic mass is 32.2. The van der Waals surface area contributed by atoms with E-state index in [0.717, 1.165) is 15.5 Å². The van der Waals surface area contributed by atoms with Crippen LogP contribution < -0.4 is 10.6 Å². The summed E-state index contributed by atoms with van der Waals surface area (Å²) in [5.41, 5.74) is 1.09. The lowest BCUT2D eigenvalue weighted by atomic mass is 10.2. The van der Waals surface area contributed by atoms with Crippen LogP contribution in [0.1, 0.15) is 45.2 Å². The van der Waals surface area contributed by atoms with E-state index < -0.39 is 5.60 Å². The van der Waals surface area contributed by atoms with E-state index in [-0.39, 0.29) is 23.2 Å². The lowest BCUT2D eigenvalue weighted by Gasteiger charge is -2.29. The third kappa shape index (κ3) is 6.70. The maximum absolute atomic E-state index is 12.7. The molecule has 0 aliphatic carbocycles. The predicted molar refractivity (Wildman–Crippen MR) is 127 cm³/mol. The highest BCUT2D eigenvalue weighted by Gasteiger charge is 2.28. The molecule has 0 spiro atoms. The van der Waals surface area contributed by atoms with Crippen molar-refractivity contribution in [3.05, 3.63) is 34.8 Å². The fourth-order valence-corrected chi connectivity index (χ4v) is 4.91. The largest absolute Gasteiger partial charge is 0.444 e. The van der Waals surface area contributed by atoms with E-state index in [1.807, 2.05) is 39.8 Å². The summed E-state index contributed by atoms with van der Waals surface area (Å²) >= 11 is 2.82. The van der Waals surface area contributed by atoms with Crippen LogP contribution in [0.25, 0.3) is 0 Å². The van der Waals surface area contributed by atoms with E-state index in [9.17, 15) is 14.4 Å². The predicted octanol–water partition coefficient (Wildman–Crippen LogP) is 4.51. The Morgan fingerprint density at radius 1 is 1.19 bits per heavy atom. The van der Waals surface area contributed by atoms with Gasteiger partial charge in [-0.25, -0.2) is 9.78 Å². The molecule has 2 aromatic rings. The molecule has 32 heavy (non-hydrogen) atoms. The highest BCUT2D eigenvalue weighted by Crippen LogP contribution is 2.30. The standard InChI is InChI=1S/C22H28N4O4S2/c1-13(31-16-8-6-15(7-9-16)23-14(2)27)19(28)25-20-24-17-10-11-26(12-18(17)32-20)21(29)30-22(3,4)5/h6-9,13H,10-12H2,1-5H3,(H,23,27)(H,24,25,28). The monoisotopic (exact) mass is 476 g/mol. The van der Waals surface area contributed by atoms with Gasteiger partial charge in [0.15, 0.2) is 5.13 Å². The van der Waals surface area contributed by atoms with Gasteiger partial charge < -0.3 is 20.3 Å². The number of carbonyl (C=O) groups is 3. The number of nitrogens with one attached hydrogen (secondary N) is 2. The lowest BCUT2D eigenvalue weighted by molar-refractivity contribution is -0.115.